The molecule has 6 rings (SSSR count). The van der Waals surface area contributed by atoms with Gasteiger partial charge in [-0.3, -0.25) is 19.4 Å². The number of rotatable bonds is 9. The summed E-state index contributed by atoms with van der Waals surface area (Å²) in [6.07, 6.45) is 3.52. The molecular weight excluding hydrogens is 620 g/mol. The fourth-order valence-corrected chi connectivity index (χ4v) is 6.85. The zero-order chi connectivity index (χ0) is 31.9. The first-order valence-electron chi connectivity index (χ1n) is 15.2. The third-order valence-electron chi connectivity index (χ3n) is 9.23. The summed E-state index contributed by atoms with van der Waals surface area (Å²) in [5.74, 6) is -0.900. The summed E-state index contributed by atoms with van der Waals surface area (Å²) in [6.45, 7) is 5.29. The number of carbonyl (C=O) groups excluding carboxylic acids is 2. The van der Waals surface area contributed by atoms with Gasteiger partial charge in [0.1, 0.15) is 23.0 Å². The van der Waals surface area contributed by atoms with Crippen LogP contribution in [0.25, 0.3) is 0 Å². The van der Waals surface area contributed by atoms with E-state index in [2.05, 4.69) is 26.8 Å². The monoisotopic (exact) mass is 655 g/mol. The van der Waals surface area contributed by atoms with Gasteiger partial charge in [0, 0.05) is 68.5 Å². The van der Waals surface area contributed by atoms with Gasteiger partial charge in [-0.1, -0.05) is 42.3 Å². The molecule has 1 amide bonds. The van der Waals surface area contributed by atoms with E-state index in [-0.39, 0.29) is 35.7 Å². The number of β-amino-alcohol motifs (C(OH)–C–C–N with tert-alkyl or cyclic N) is 1. The minimum absolute atomic E-state index is 0.0185. The molecule has 3 aliphatic rings. The van der Waals surface area contributed by atoms with Gasteiger partial charge in [0.25, 0.3) is 5.91 Å². The molecule has 0 bridgehead atoms. The molecule has 1 N–H and O–H groups in total. The van der Waals surface area contributed by atoms with Crippen molar-refractivity contribution in [3.8, 4) is 0 Å². The number of carbonyl (C=O) groups is 2. The summed E-state index contributed by atoms with van der Waals surface area (Å²) in [6, 6.07) is 9.61. The first-order chi connectivity index (χ1) is 21.5. The molecule has 2 aromatic carbocycles. The molecule has 3 heterocycles. The Kier molecular flexibility index (Phi) is 8.99. The van der Waals surface area contributed by atoms with Crippen molar-refractivity contribution in [2.75, 3.05) is 39.8 Å². The molecule has 3 aromatic rings. The number of hydrogen-bond acceptors (Lipinski definition) is 8. The average molecular weight is 657 g/mol. The standard InChI is InChI=1S/C33H36Cl2FN5O4/c1-3-32(44,20-40-12-10-39(2)11-13-40)22-14-27-30(28(36)15-22)33(21-4-6-23(34)7-5-21,45-26-9-8-25(42)16-26)41(31(27)43)19-29-37-17-24(35)18-38-29/h4-7,14-15,17-18,26,44H,3,8-13,16,19-20H2,1-2H3/t26-,32?,33+/m0/s1. The minimum Gasteiger partial charge on any atom is -0.384 e. The van der Waals surface area contributed by atoms with Crippen molar-refractivity contribution in [2.24, 2.45) is 0 Å². The molecule has 12 heteroatoms. The number of nitrogens with zero attached hydrogens (tertiary/aromatic N) is 5. The van der Waals surface area contributed by atoms with Gasteiger partial charge in [-0.05, 0) is 49.7 Å². The third-order valence-corrected chi connectivity index (χ3v) is 9.68. The number of aromatic nitrogens is 2. The maximum Gasteiger partial charge on any atom is 0.257 e. The molecule has 0 spiro atoms. The zero-order valence-corrected chi connectivity index (χ0v) is 26.8. The van der Waals surface area contributed by atoms with Crippen LogP contribution in [-0.4, -0.2) is 87.3 Å². The molecule has 238 valence electrons. The van der Waals surface area contributed by atoms with Crippen LogP contribution in [0.2, 0.25) is 10.0 Å². The normalized spacial score (nSPS) is 23.9. The zero-order valence-electron chi connectivity index (χ0n) is 25.3. The fourth-order valence-electron chi connectivity index (χ4n) is 6.63. The van der Waals surface area contributed by atoms with Gasteiger partial charge in [0.05, 0.1) is 28.8 Å². The number of ether oxygens (including phenoxy) is 1. The summed E-state index contributed by atoms with van der Waals surface area (Å²) < 4.78 is 23.6. The molecule has 1 aromatic heterocycles. The van der Waals surface area contributed by atoms with Gasteiger partial charge < -0.3 is 14.7 Å². The lowest BCUT2D eigenvalue weighted by atomic mass is 9.85. The van der Waals surface area contributed by atoms with Crippen LogP contribution in [0.5, 0.6) is 0 Å². The Balaban J connectivity index is 1.50. The summed E-state index contributed by atoms with van der Waals surface area (Å²) in [4.78, 5) is 41.3. The van der Waals surface area contributed by atoms with Crippen LogP contribution in [0.1, 0.15) is 65.5 Å². The van der Waals surface area contributed by atoms with Crippen molar-refractivity contribution in [1.82, 2.24) is 24.7 Å². The van der Waals surface area contributed by atoms with E-state index in [0.717, 1.165) is 26.2 Å². The van der Waals surface area contributed by atoms with Crippen molar-refractivity contribution in [1.29, 1.82) is 0 Å². The van der Waals surface area contributed by atoms with Crippen molar-refractivity contribution < 1.29 is 23.8 Å². The summed E-state index contributed by atoms with van der Waals surface area (Å²) in [5, 5.41) is 12.7. The van der Waals surface area contributed by atoms with E-state index in [1.165, 1.54) is 23.4 Å². The molecule has 2 fully saturated rings. The maximum atomic E-state index is 16.9. The van der Waals surface area contributed by atoms with Crippen molar-refractivity contribution in [2.45, 2.75) is 56.6 Å². The fraction of sp³-hybridized carbons (Fsp3) is 0.455. The summed E-state index contributed by atoms with van der Waals surface area (Å²) >= 11 is 12.3. The van der Waals surface area contributed by atoms with E-state index in [1.807, 2.05) is 6.92 Å². The Bertz CT molecular complexity index is 1590. The lowest BCUT2D eigenvalue weighted by Crippen LogP contribution is -2.50. The van der Waals surface area contributed by atoms with Crippen molar-refractivity contribution in [3.63, 3.8) is 0 Å². The molecule has 0 radical (unpaired) electrons. The molecule has 45 heavy (non-hydrogen) atoms. The molecule has 9 nitrogen and oxygen atoms in total. The number of amides is 1. The highest BCUT2D eigenvalue weighted by molar-refractivity contribution is 6.30. The van der Waals surface area contributed by atoms with Crippen LogP contribution in [0.3, 0.4) is 0 Å². The Hall–Kier alpha value is -2.99. The topological polar surface area (TPSA) is 99.1 Å². The number of ketones is 1. The van der Waals surface area contributed by atoms with Crippen molar-refractivity contribution in [3.05, 3.63) is 92.7 Å². The Morgan fingerprint density at radius 3 is 2.38 bits per heavy atom. The minimum atomic E-state index is -1.76. The lowest BCUT2D eigenvalue weighted by Gasteiger charge is -2.41. The Labute approximate surface area is 271 Å². The van der Waals surface area contributed by atoms with E-state index >= 15 is 4.39 Å². The molecular formula is C33H36Cl2FN5O4. The van der Waals surface area contributed by atoms with E-state index in [0.29, 0.717) is 47.0 Å². The van der Waals surface area contributed by atoms with Crippen LogP contribution in [0, 0.1) is 5.82 Å². The SMILES string of the molecule is CCC(O)(CN1CCN(C)CC1)c1cc(F)c2c(c1)C(=O)N(Cc1ncc(Cl)cn1)[C@@]2(O[C@H]1CCC(=O)C1)c1ccc(Cl)cc1. The predicted molar refractivity (Wildman–Crippen MR) is 167 cm³/mol. The van der Waals surface area contributed by atoms with Crippen LogP contribution >= 0.6 is 23.2 Å². The third kappa shape index (κ3) is 6.12. The van der Waals surface area contributed by atoms with E-state index < -0.39 is 29.2 Å². The first-order valence-corrected chi connectivity index (χ1v) is 16.0. The Morgan fingerprint density at radius 1 is 1.07 bits per heavy atom. The van der Waals surface area contributed by atoms with E-state index in [1.54, 1.807) is 30.3 Å². The van der Waals surface area contributed by atoms with Gasteiger partial charge in [-0.15, -0.1) is 0 Å². The molecule has 1 aliphatic carbocycles. The van der Waals surface area contributed by atoms with Gasteiger partial charge in [0.2, 0.25) is 5.72 Å². The highest BCUT2D eigenvalue weighted by Gasteiger charge is 2.56. The molecule has 2 aliphatic heterocycles. The number of halogens is 3. The smallest absolute Gasteiger partial charge is 0.257 e. The van der Waals surface area contributed by atoms with E-state index in [4.69, 9.17) is 27.9 Å². The average Bonchev–Trinajstić information content (AvgIpc) is 3.54. The first kappa shape index (κ1) is 32.0. The number of benzene rings is 2. The maximum absolute atomic E-state index is 16.9. The number of hydrogen-bond donors (Lipinski definition) is 1. The van der Waals surface area contributed by atoms with Crippen LogP contribution < -0.4 is 0 Å². The number of aliphatic hydroxyl groups is 1. The van der Waals surface area contributed by atoms with Crippen LogP contribution in [-0.2, 0) is 27.4 Å². The number of likely N-dealkylation sites (N-methyl/N-ethyl adjacent to an activating group) is 1. The van der Waals surface area contributed by atoms with Gasteiger partial charge in [0.15, 0.2) is 0 Å². The quantitative estimate of drug-likeness (QED) is 0.352. The molecule has 1 saturated carbocycles. The highest BCUT2D eigenvalue weighted by atomic mass is 35.5. The molecule has 1 unspecified atom stereocenters. The molecule has 1 saturated heterocycles. The lowest BCUT2D eigenvalue weighted by molar-refractivity contribution is -0.149. The number of fused-ring (bicyclic) bond motifs is 1. The second-order valence-electron chi connectivity index (χ2n) is 12.2. The van der Waals surface area contributed by atoms with Gasteiger partial charge in [-0.25, -0.2) is 14.4 Å². The van der Waals surface area contributed by atoms with Crippen LogP contribution in [0.15, 0.2) is 48.8 Å². The molecule has 3 atom stereocenters. The Morgan fingerprint density at radius 2 is 1.76 bits per heavy atom. The highest BCUT2D eigenvalue weighted by Crippen LogP contribution is 2.50. The second-order valence-corrected chi connectivity index (χ2v) is 13.1. The van der Waals surface area contributed by atoms with Crippen molar-refractivity contribution >= 4 is 34.9 Å². The largest absolute Gasteiger partial charge is 0.384 e. The number of Topliss-reactive ketones (excluding diaryl/α,β-unsaturated/α-hetero) is 1. The predicted octanol–water partition coefficient (Wildman–Crippen LogP) is 4.76. The van der Waals surface area contributed by atoms with Gasteiger partial charge >= 0.3 is 0 Å². The summed E-state index contributed by atoms with van der Waals surface area (Å²) in [5.41, 5.74) is -2.30. The number of piperazine rings is 1. The summed E-state index contributed by atoms with van der Waals surface area (Å²) in [7, 11) is 2.06. The van der Waals surface area contributed by atoms with Crippen LogP contribution in [0.4, 0.5) is 4.39 Å². The second kappa shape index (κ2) is 12.7. The van der Waals surface area contributed by atoms with E-state index in [9.17, 15) is 14.7 Å². The van der Waals surface area contributed by atoms with Gasteiger partial charge in [-0.2, -0.15) is 0 Å².